The fourth-order valence-corrected chi connectivity index (χ4v) is 7.73. The summed E-state index contributed by atoms with van der Waals surface area (Å²) in [5.41, 5.74) is 5.48. The Morgan fingerprint density at radius 1 is 0.562 bits per heavy atom. The van der Waals surface area contributed by atoms with Crippen molar-refractivity contribution in [1.82, 2.24) is 5.32 Å². The second kappa shape index (κ2) is 23.6. The molecule has 0 radical (unpaired) electrons. The summed E-state index contributed by atoms with van der Waals surface area (Å²) in [6.07, 6.45) is -10.9. The van der Waals surface area contributed by atoms with Crippen LogP contribution >= 0.6 is 0 Å². The van der Waals surface area contributed by atoms with Crippen molar-refractivity contribution in [3.8, 4) is 0 Å². The van der Waals surface area contributed by atoms with Gasteiger partial charge < -0.3 is 53.1 Å². The van der Waals surface area contributed by atoms with E-state index in [1.54, 1.807) is 0 Å². The lowest BCUT2D eigenvalue weighted by molar-refractivity contribution is -0.352. The molecule has 2 fully saturated rings. The molecular weight excluding hydrogens is 819 g/mol. The summed E-state index contributed by atoms with van der Waals surface area (Å²) >= 11 is 0. The van der Waals surface area contributed by atoms with E-state index in [-0.39, 0.29) is 39.6 Å². The minimum absolute atomic E-state index is 0.0300. The van der Waals surface area contributed by atoms with Crippen molar-refractivity contribution in [1.29, 1.82) is 0 Å². The Hall–Kier alpha value is -5.32. The van der Waals surface area contributed by atoms with Crippen LogP contribution in [0.2, 0.25) is 0 Å². The molecule has 64 heavy (non-hydrogen) atoms. The van der Waals surface area contributed by atoms with E-state index in [0.29, 0.717) is 0 Å². The third-order valence-electron chi connectivity index (χ3n) is 11.0. The highest BCUT2D eigenvalue weighted by Gasteiger charge is 2.55. The van der Waals surface area contributed by atoms with E-state index in [9.17, 15) is 14.7 Å². The van der Waals surface area contributed by atoms with E-state index in [4.69, 9.17) is 42.6 Å². The Kier molecular flexibility index (Phi) is 17.2. The lowest BCUT2D eigenvalue weighted by Gasteiger charge is -2.49. The van der Waals surface area contributed by atoms with Gasteiger partial charge in [0.2, 0.25) is 5.91 Å². The first-order chi connectivity index (χ1) is 31.2. The summed E-state index contributed by atoms with van der Waals surface area (Å²) in [5.74, 6) is -1.16. The van der Waals surface area contributed by atoms with Crippen LogP contribution in [0.5, 0.6) is 0 Å². The summed E-state index contributed by atoms with van der Waals surface area (Å²) in [6, 6.07) is 45.0. The van der Waals surface area contributed by atoms with Crippen molar-refractivity contribution < 1.29 is 57.3 Å². The van der Waals surface area contributed by atoms with Gasteiger partial charge in [-0.05, 0) is 34.7 Å². The van der Waals surface area contributed by atoms with Gasteiger partial charge in [0, 0.05) is 6.92 Å². The number of ether oxygens (including phenoxy) is 9. The Morgan fingerprint density at radius 3 is 1.53 bits per heavy atom. The number of hydrogen-bond acceptors (Lipinski definition) is 12. The Labute approximate surface area is 374 Å². The molecule has 2 aliphatic heterocycles. The number of amides is 1. The number of aliphatic hydroxyl groups is 1. The number of aliphatic hydroxyl groups excluding tert-OH is 1. The molecule has 2 heterocycles. The van der Waals surface area contributed by atoms with Gasteiger partial charge in [-0.2, -0.15) is 0 Å². The van der Waals surface area contributed by atoms with Crippen LogP contribution < -0.4 is 5.32 Å². The number of rotatable bonds is 20. The predicted octanol–water partition coefficient (Wildman–Crippen LogP) is 6.36. The SMILES string of the molecule is COC(=O)[C@H]1O[C@@H](O[C@@H]2[C@@H](NC(C)=O)[C@H](OCc3ccccc3)O[C@H](COCc3ccc(C)cc3)[C@H]2OCc2ccccc2)[C@H](O)[C@@H](OCc2ccccc2)[C@@H]1OCc1ccccc1. The van der Waals surface area contributed by atoms with Gasteiger partial charge in [0.25, 0.3) is 0 Å². The average molecular weight is 876 g/mol. The van der Waals surface area contributed by atoms with Crippen LogP contribution in [-0.2, 0) is 85.3 Å². The maximum absolute atomic E-state index is 13.7. The summed E-state index contributed by atoms with van der Waals surface area (Å²) < 4.78 is 57.7. The van der Waals surface area contributed by atoms with Crippen LogP contribution in [0, 0.1) is 6.92 Å². The van der Waals surface area contributed by atoms with E-state index in [1.807, 2.05) is 153 Å². The minimum Gasteiger partial charge on any atom is -0.467 e. The maximum atomic E-state index is 13.7. The first-order valence-electron chi connectivity index (χ1n) is 21.5. The number of hydrogen-bond donors (Lipinski definition) is 2. The van der Waals surface area contributed by atoms with E-state index in [0.717, 1.165) is 33.4 Å². The zero-order chi connectivity index (χ0) is 44.7. The standard InChI is InChI=1S/C51H57NO12/c1-34-24-26-40(27-25-34)28-57-33-41-44(58-29-36-16-8-4-9-17-36)45(42(52-35(2)53)50(62-41)61-32-39-22-14-7-15-23-39)63-51-43(54)46(59-30-37-18-10-5-11-19-37)47(48(64-51)49(55)56-3)60-31-38-20-12-6-13-21-38/h4-27,41-48,50-51,54H,28-33H2,1-3H3,(H,52,53)/t41-,42-,43-,44-,45-,46-,47+,48+,50-,51-/m1/s1. The first-order valence-corrected chi connectivity index (χ1v) is 21.5. The zero-order valence-electron chi connectivity index (χ0n) is 36.3. The largest absolute Gasteiger partial charge is 0.467 e. The quantitative estimate of drug-likeness (QED) is 0.0839. The second-order valence-corrected chi connectivity index (χ2v) is 15.9. The zero-order valence-corrected chi connectivity index (χ0v) is 36.3. The topological polar surface area (TPSA) is 149 Å². The summed E-state index contributed by atoms with van der Waals surface area (Å²) in [4.78, 5) is 26.8. The number of benzene rings is 5. The third kappa shape index (κ3) is 12.9. The fourth-order valence-electron chi connectivity index (χ4n) is 7.73. The van der Waals surface area contributed by atoms with Crippen molar-refractivity contribution in [3.63, 3.8) is 0 Å². The van der Waals surface area contributed by atoms with Gasteiger partial charge in [-0.3, -0.25) is 4.79 Å². The van der Waals surface area contributed by atoms with Gasteiger partial charge in [0.05, 0.1) is 46.8 Å². The molecule has 10 atom stereocenters. The van der Waals surface area contributed by atoms with Gasteiger partial charge in [-0.25, -0.2) is 4.79 Å². The number of carbonyl (C=O) groups is 2. The van der Waals surface area contributed by atoms with Crippen LogP contribution in [0.1, 0.15) is 40.3 Å². The lowest BCUT2D eigenvalue weighted by Crippen LogP contribution is -2.69. The lowest BCUT2D eigenvalue weighted by atomic mass is 9.94. The number of nitrogens with one attached hydrogen (secondary N) is 1. The van der Waals surface area contributed by atoms with Crippen LogP contribution in [0.4, 0.5) is 0 Å². The van der Waals surface area contributed by atoms with Crippen LogP contribution in [-0.4, -0.2) is 92.0 Å². The molecule has 0 saturated carbocycles. The monoisotopic (exact) mass is 875 g/mol. The van der Waals surface area contributed by atoms with Crippen molar-refractivity contribution in [2.75, 3.05) is 13.7 Å². The smallest absolute Gasteiger partial charge is 0.337 e. The molecule has 0 spiro atoms. The molecule has 0 unspecified atom stereocenters. The van der Waals surface area contributed by atoms with Gasteiger partial charge in [-0.15, -0.1) is 0 Å². The molecule has 13 nitrogen and oxygen atoms in total. The average Bonchev–Trinajstić information content (AvgIpc) is 3.32. The van der Waals surface area contributed by atoms with Crippen LogP contribution in [0.25, 0.3) is 0 Å². The molecular formula is C51H57NO12. The van der Waals surface area contributed by atoms with Gasteiger partial charge >= 0.3 is 5.97 Å². The summed E-state index contributed by atoms with van der Waals surface area (Å²) in [5, 5.41) is 15.4. The summed E-state index contributed by atoms with van der Waals surface area (Å²) in [6.45, 7) is 4.11. The number of aryl methyl sites for hydroxylation is 1. The molecule has 1 amide bonds. The molecule has 7 rings (SSSR count). The Bertz CT molecular complexity index is 2150. The highest BCUT2D eigenvalue weighted by atomic mass is 16.7. The van der Waals surface area contributed by atoms with Crippen molar-refractivity contribution >= 4 is 11.9 Å². The molecule has 0 aliphatic carbocycles. The molecule has 0 bridgehead atoms. The summed E-state index contributed by atoms with van der Waals surface area (Å²) in [7, 11) is 1.25. The van der Waals surface area contributed by atoms with Crippen molar-refractivity contribution in [3.05, 3.63) is 179 Å². The van der Waals surface area contributed by atoms with E-state index in [2.05, 4.69) is 5.32 Å². The fraction of sp³-hybridized carbons (Fsp3) is 0.373. The minimum atomic E-state index is -1.55. The first kappa shape index (κ1) is 46.7. The molecule has 2 saturated heterocycles. The number of carbonyl (C=O) groups excluding carboxylic acids is 2. The highest BCUT2D eigenvalue weighted by Crippen LogP contribution is 2.35. The maximum Gasteiger partial charge on any atom is 0.337 e. The van der Waals surface area contributed by atoms with Crippen LogP contribution in [0.3, 0.4) is 0 Å². The molecule has 0 aromatic heterocycles. The molecule has 338 valence electrons. The third-order valence-corrected chi connectivity index (χ3v) is 11.0. The Morgan fingerprint density at radius 2 is 1.03 bits per heavy atom. The normalized spacial score (nSPS) is 25.6. The predicted molar refractivity (Wildman–Crippen MR) is 235 cm³/mol. The molecule has 5 aromatic carbocycles. The molecule has 2 aliphatic rings. The Balaban J connectivity index is 1.24. The van der Waals surface area contributed by atoms with E-state index >= 15 is 0 Å². The number of esters is 1. The van der Waals surface area contributed by atoms with Gasteiger partial charge in [0.1, 0.15) is 42.7 Å². The van der Waals surface area contributed by atoms with Crippen molar-refractivity contribution in [2.45, 2.75) is 108 Å². The highest BCUT2D eigenvalue weighted by molar-refractivity contribution is 5.75. The van der Waals surface area contributed by atoms with Gasteiger partial charge in [0.15, 0.2) is 18.7 Å². The molecule has 13 heteroatoms. The number of methoxy groups -OCH3 is 1. The molecule has 5 aromatic rings. The van der Waals surface area contributed by atoms with Crippen molar-refractivity contribution in [2.24, 2.45) is 0 Å². The molecule has 2 N–H and O–H groups in total. The second-order valence-electron chi connectivity index (χ2n) is 15.9. The van der Waals surface area contributed by atoms with E-state index < -0.39 is 73.2 Å². The van der Waals surface area contributed by atoms with Crippen LogP contribution in [0.15, 0.2) is 146 Å². The van der Waals surface area contributed by atoms with Gasteiger partial charge in [-0.1, -0.05) is 151 Å². The van der Waals surface area contributed by atoms with E-state index in [1.165, 1.54) is 14.0 Å².